The summed E-state index contributed by atoms with van der Waals surface area (Å²) in [6.45, 7) is 1.12. The number of amides is 1. The third-order valence-corrected chi connectivity index (χ3v) is 4.01. The molecule has 0 aromatic heterocycles. The second-order valence-electron chi connectivity index (χ2n) is 3.31. The molecule has 10 heteroatoms. The number of hydrogen-bond donors (Lipinski definition) is 4. The van der Waals surface area contributed by atoms with E-state index in [1.807, 2.05) is 0 Å². The zero-order valence-electron chi connectivity index (χ0n) is 9.02. The molecular formula is C8H9AsN2O7. The van der Waals surface area contributed by atoms with Crippen LogP contribution in [0.1, 0.15) is 6.92 Å². The third-order valence-electron chi connectivity index (χ3n) is 1.94. The Hall–Kier alpha value is -1.83. The molecule has 0 unspecified atom stereocenters. The monoisotopic (exact) mass is 320 g/mol. The van der Waals surface area contributed by atoms with Crippen molar-refractivity contribution in [2.45, 2.75) is 6.92 Å². The number of nitrogens with one attached hydrogen (secondary N) is 1. The van der Waals surface area contributed by atoms with Gasteiger partial charge < -0.3 is 0 Å². The van der Waals surface area contributed by atoms with Crippen molar-refractivity contribution in [3.8, 4) is 5.75 Å². The van der Waals surface area contributed by atoms with Gasteiger partial charge in [-0.15, -0.1) is 0 Å². The summed E-state index contributed by atoms with van der Waals surface area (Å²) in [5, 5.41) is 22.4. The molecule has 0 aliphatic rings. The Labute approximate surface area is 103 Å². The number of carbonyl (C=O) groups excluding carboxylic acids is 1. The molecule has 0 bridgehead atoms. The predicted octanol–water partition coefficient (Wildman–Crippen LogP) is -1.18. The van der Waals surface area contributed by atoms with Crippen molar-refractivity contribution in [1.29, 1.82) is 0 Å². The van der Waals surface area contributed by atoms with E-state index in [2.05, 4.69) is 5.32 Å². The molecule has 0 saturated heterocycles. The van der Waals surface area contributed by atoms with E-state index in [1.54, 1.807) is 0 Å². The van der Waals surface area contributed by atoms with Crippen LogP contribution in [-0.4, -0.2) is 38.3 Å². The molecule has 9 nitrogen and oxygen atoms in total. The van der Waals surface area contributed by atoms with Gasteiger partial charge in [-0.25, -0.2) is 0 Å². The van der Waals surface area contributed by atoms with E-state index in [0.717, 1.165) is 19.1 Å². The maximum atomic E-state index is 11.1. The van der Waals surface area contributed by atoms with E-state index in [9.17, 15) is 23.8 Å². The molecule has 1 rings (SSSR count). The summed E-state index contributed by atoms with van der Waals surface area (Å²) in [6.07, 6.45) is 0. The zero-order valence-corrected chi connectivity index (χ0v) is 10.9. The van der Waals surface area contributed by atoms with Crippen LogP contribution in [-0.2, 0) is 8.53 Å². The van der Waals surface area contributed by atoms with E-state index >= 15 is 0 Å². The van der Waals surface area contributed by atoms with Crippen LogP contribution in [0.3, 0.4) is 0 Å². The first-order valence-corrected chi connectivity index (χ1v) is 7.87. The summed E-state index contributed by atoms with van der Waals surface area (Å²) < 4.78 is 28.2. The second-order valence-corrected chi connectivity index (χ2v) is 6.61. The first-order chi connectivity index (χ1) is 8.14. The van der Waals surface area contributed by atoms with Gasteiger partial charge in [-0.2, -0.15) is 0 Å². The molecule has 0 radical (unpaired) electrons. The van der Waals surface area contributed by atoms with Crippen molar-refractivity contribution < 1.29 is 26.8 Å². The predicted molar refractivity (Wildman–Crippen MR) is 59.6 cm³/mol. The normalized spacial score (nSPS) is 11.1. The van der Waals surface area contributed by atoms with Crippen molar-refractivity contribution in [2.75, 3.05) is 5.32 Å². The first kappa shape index (κ1) is 14.2. The Bertz CT molecular complexity index is 565. The average Bonchev–Trinajstić information content (AvgIpc) is 2.17. The molecule has 0 heterocycles. The van der Waals surface area contributed by atoms with Gasteiger partial charge in [0.25, 0.3) is 0 Å². The fourth-order valence-corrected chi connectivity index (χ4v) is 2.81. The molecule has 98 valence electrons. The Morgan fingerprint density at radius 2 is 2.00 bits per heavy atom. The zero-order chi connectivity index (χ0) is 14.1. The summed E-state index contributed by atoms with van der Waals surface area (Å²) in [5.41, 5.74) is -1.39. The number of phenols is 1. The van der Waals surface area contributed by atoms with E-state index in [-0.39, 0.29) is 5.69 Å². The van der Waals surface area contributed by atoms with Crippen molar-refractivity contribution in [3.05, 3.63) is 22.2 Å². The van der Waals surface area contributed by atoms with Crippen LogP contribution in [0.4, 0.5) is 11.4 Å². The molecule has 0 aliphatic carbocycles. The molecule has 4 N–H and O–H groups in total. The van der Waals surface area contributed by atoms with Gasteiger partial charge in [-0.1, -0.05) is 0 Å². The number of nitro groups is 1. The molecule has 0 spiro atoms. The van der Waals surface area contributed by atoms with Crippen LogP contribution in [0.5, 0.6) is 5.75 Å². The van der Waals surface area contributed by atoms with Crippen molar-refractivity contribution in [1.82, 2.24) is 0 Å². The van der Waals surface area contributed by atoms with Crippen LogP contribution in [0, 0.1) is 10.1 Å². The molecule has 18 heavy (non-hydrogen) atoms. The Morgan fingerprint density at radius 3 is 2.39 bits per heavy atom. The SMILES string of the molecule is CC(=O)Nc1ccc([As](=O)(O)O)c([N+](=O)[O-])c1O. The van der Waals surface area contributed by atoms with Crippen molar-refractivity contribution >= 4 is 35.8 Å². The van der Waals surface area contributed by atoms with Gasteiger partial charge in [0.2, 0.25) is 0 Å². The fourth-order valence-electron chi connectivity index (χ4n) is 1.27. The van der Waals surface area contributed by atoms with E-state index in [1.165, 1.54) is 0 Å². The maximum absolute atomic E-state index is 11.1. The number of nitrogens with zero attached hydrogens (tertiary/aromatic N) is 1. The van der Waals surface area contributed by atoms with Gasteiger partial charge in [0.1, 0.15) is 0 Å². The second kappa shape index (κ2) is 4.81. The number of phenolic OH excluding ortho intramolecular Hbond substituents is 1. The summed E-state index contributed by atoms with van der Waals surface area (Å²) in [5.74, 6) is -1.58. The molecular weight excluding hydrogens is 311 g/mol. The standard InChI is InChI=1S/C8H9AsN2O7/c1-4(12)10-6-3-2-5(9(14,15)16)7(8(6)13)11(17)18/h2-3,13H,1H3,(H,10,12)(H2,14,15,16). The molecule has 0 atom stereocenters. The summed E-state index contributed by atoms with van der Waals surface area (Å²) in [4.78, 5) is 20.4. The van der Waals surface area contributed by atoms with Crippen LogP contribution >= 0.6 is 0 Å². The Morgan fingerprint density at radius 1 is 1.44 bits per heavy atom. The van der Waals surface area contributed by atoms with Crippen LogP contribution in [0.25, 0.3) is 0 Å². The van der Waals surface area contributed by atoms with Crippen LogP contribution in [0.2, 0.25) is 0 Å². The number of anilines is 1. The molecule has 0 aliphatic heterocycles. The molecule has 0 saturated carbocycles. The summed E-state index contributed by atoms with van der Waals surface area (Å²) >= 11 is -5.55. The van der Waals surface area contributed by atoms with Gasteiger partial charge in [-0.05, 0) is 0 Å². The number of rotatable bonds is 3. The quantitative estimate of drug-likeness (QED) is 0.237. The molecule has 1 aromatic rings. The van der Waals surface area contributed by atoms with Crippen molar-refractivity contribution in [2.24, 2.45) is 0 Å². The number of carbonyl (C=O) groups is 1. The van der Waals surface area contributed by atoms with E-state index < -0.39 is 40.8 Å². The van der Waals surface area contributed by atoms with Gasteiger partial charge in [-0.3, -0.25) is 0 Å². The summed E-state index contributed by atoms with van der Waals surface area (Å²) in [7, 11) is 0. The Balaban J connectivity index is 3.52. The topological polar surface area (TPSA) is 150 Å². The average molecular weight is 320 g/mol. The molecule has 1 amide bonds. The Kier molecular flexibility index (Phi) is 3.80. The van der Waals surface area contributed by atoms with Gasteiger partial charge in [0, 0.05) is 0 Å². The van der Waals surface area contributed by atoms with E-state index in [4.69, 9.17) is 8.19 Å². The van der Waals surface area contributed by atoms with Gasteiger partial charge in [0.15, 0.2) is 0 Å². The first-order valence-electron chi connectivity index (χ1n) is 4.48. The minimum atomic E-state index is -5.55. The van der Waals surface area contributed by atoms with Crippen LogP contribution in [0.15, 0.2) is 12.1 Å². The third kappa shape index (κ3) is 2.89. The summed E-state index contributed by atoms with van der Waals surface area (Å²) in [6, 6.07) is 1.79. The minimum absolute atomic E-state index is 0.290. The van der Waals surface area contributed by atoms with Crippen LogP contribution < -0.4 is 9.67 Å². The van der Waals surface area contributed by atoms with E-state index in [0.29, 0.717) is 0 Å². The number of aromatic hydroxyl groups is 1. The molecule has 0 fully saturated rings. The van der Waals surface area contributed by atoms with Gasteiger partial charge >= 0.3 is 103 Å². The van der Waals surface area contributed by atoms with Crippen molar-refractivity contribution in [3.63, 3.8) is 0 Å². The number of nitro benzene ring substituents is 1. The van der Waals surface area contributed by atoms with Gasteiger partial charge in [0.05, 0.1) is 0 Å². The molecule has 1 aromatic carbocycles. The fraction of sp³-hybridized carbons (Fsp3) is 0.125. The number of hydrogen-bond acceptors (Lipinski definition) is 5. The number of benzene rings is 1.